The SMILES string of the molecule is N=C(Cl)c1nonc1OCc1ccccc1. The van der Waals surface area contributed by atoms with E-state index in [1.807, 2.05) is 30.3 Å². The van der Waals surface area contributed by atoms with Crippen molar-refractivity contribution in [3.05, 3.63) is 41.6 Å². The van der Waals surface area contributed by atoms with Gasteiger partial charge in [0.25, 0.3) is 5.88 Å². The van der Waals surface area contributed by atoms with Crippen molar-refractivity contribution < 1.29 is 9.37 Å². The predicted molar refractivity (Wildman–Crippen MR) is 57.8 cm³/mol. The van der Waals surface area contributed by atoms with Crippen molar-refractivity contribution in [2.24, 2.45) is 0 Å². The normalized spacial score (nSPS) is 10.1. The molecule has 0 unspecified atom stereocenters. The van der Waals surface area contributed by atoms with Crippen molar-refractivity contribution in [1.29, 1.82) is 5.41 Å². The third-order valence-corrected chi connectivity index (χ3v) is 2.06. The maximum atomic E-state index is 7.20. The summed E-state index contributed by atoms with van der Waals surface area (Å²) in [6, 6.07) is 9.56. The van der Waals surface area contributed by atoms with E-state index in [-0.39, 0.29) is 16.7 Å². The van der Waals surface area contributed by atoms with Crippen LogP contribution in [0.2, 0.25) is 0 Å². The van der Waals surface area contributed by atoms with Gasteiger partial charge in [-0.2, -0.15) is 0 Å². The molecule has 2 aromatic rings. The van der Waals surface area contributed by atoms with E-state index < -0.39 is 0 Å². The number of hydrogen-bond acceptors (Lipinski definition) is 5. The summed E-state index contributed by atoms with van der Waals surface area (Å²) >= 11 is 5.47. The zero-order valence-corrected chi connectivity index (χ0v) is 8.94. The van der Waals surface area contributed by atoms with Crippen LogP contribution in [0.25, 0.3) is 0 Å². The Morgan fingerprint density at radius 1 is 1.31 bits per heavy atom. The molecule has 0 aliphatic carbocycles. The summed E-state index contributed by atoms with van der Waals surface area (Å²) in [6.45, 7) is 0.326. The fraction of sp³-hybridized carbons (Fsp3) is 0.100. The highest BCUT2D eigenvalue weighted by molar-refractivity contribution is 6.68. The molecule has 0 bridgehead atoms. The number of nitrogens with one attached hydrogen (secondary N) is 1. The summed E-state index contributed by atoms with van der Waals surface area (Å²) in [7, 11) is 0. The van der Waals surface area contributed by atoms with Gasteiger partial charge in [0.1, 0.15) is 6.61 Å². The summed E-state index contributed by atoms with van der Waals surface area (Å²) in [5.74, 6) is 0.129. The molecule has 0 aliphatic heterocycles. The van der Waals surface area contributed by atoms with E-state index in [9.17, 15) is 0 Å². The molecule has 1 heterocycles. The highest BCUT2D eigenvalue weighted by Crippen LogP contribution is 2.16. The van der Waals surface area contributed by atoms with Gasteiger partial charge in [-0.25, -0.2) is 4.63 Å². The van der Waals surface area contributed by atoms with Gasteiger partial charge in [-0.05, 0) is 15.9 Å². The first-order valence-corrected chi connectivity index (χ1v) is 4.89. The molecular formula is C10H8ClN3O2. The van der Waals surface area contributed by atoms with Gasteiger partial charge in [0.2, 0.25) is 5.69 Å². The molecule has 0 saturated carbocycles. The topological polar surface area (TPSA) is 72.0 Å². The van der Waals surface area contributed by atoms with Gasteiger partial charge in [-0.15, -0.1) is 0 Å². The molecule has 1 aromatic carbocycles. The van der Waals surface area contributed by atoms with Gasteiger partial charge in [0.05, 0.1) is 0 Å². The number of halogens is 1. The van der Waals surface area contributed by atoms with Crippen LogP contribution in [0.5, 0.6) is 5.88 Å². The van der Waals surface area contributed by atoms with Gasteiger partial charge < -0.3 is 4.74 Å². The lowest BCUT2D eigenvalue weighted by atomic mass is 10.2. The Morgan fingerprint density at radius 3 is 2.75 bits per heavy atom. The molecule has 1 N–H and O–H groups in total. The third-order valence-electron chi connectivity index (χ3n) is 1.88. The Hall–Kier alpha value is -1.88. The second kappa shape index (κ2) is 4.76. The summed E-state index contributed by atoms with van der Waals surface area (Å²) in [6.07, 6.45) is 0. The van der Waals surface area contributed by atoms with Crippen molar-refractivity contribution in [2.45, 2.75) is 6.61 Å². The lowest BCUT2D eigenvalue weighted by Gasteiger charge is -2.02. The Bertz CT molecular complexity index is 484. The standard InChI is InChI=1S/C10H8ClN3O2/c11-9(12)8-10(14-16-13-8)15-6-7-4-2-1-3-5-7/h1-5,12H,6H2. The van der Waals surface area contributed by atoms with Crippen LogP contribution in [0, 0.1) is 5.41 Å². The van der Waals surface area contributed by atoms with Gasteiger partial charge in [-0.3, -0.25) is 5.41 Å². The fourth-order valence-corrected chi connectivity index (χ4v) is 1.25. The summed E-state index contributed by atoms with van der Waals surface area (Å²) in [5, 5.41) is 13.9. The maximum Gasteiger partial charge on any atom is 0.286 e. The monoisotopic (exact) mass is 237 g/mol. The lowest BCUT2D eigenvalue weighted by Crippen LogP contribution is -1.99. The molecule has 1 aromatic heterocycles. The Labute approximate surface area is 96.5 Å². The third kappa shape index (κ3) is 2.38. The highest BCUT2D eigenvalue weighted by atomic mass is 35.5. The quantitative estimate of drug-likeness (QED) is 0.828. The average Bonchev–Trinajstić information content (AvgIpc) is 2.76. The number of hydrogen-bond donors (Lipinski definition) is 1. The van der Waals surface area contributed by atoms with Gasteiger partial charge in [0.15, 0.2) is 5.17 Å². The van der Waals surface area contributed by atoms with E-state index in [0.29, 0.717) is 6.61 Å². The Kier molecular flexibility index (Phi) is 3.16. The molecule has 6 heteroatoms. The number of benzene rings is 1. The molecule has 0 atom stereocenters. The first kappa shape index (κ1) is 10.6. The highest BCUT2D eigenvalue weighted by Gasteiger charge is 2.14. The van der Waals surface area contributed by atoms with E-state index in [0.717, 1.165) is 5.56 Å². The molecular weight excluding hydrogens is 230 g/mol. The average molecular weight is 238 g/mol. The fourth-order valence-electron chi connectivity index (χ4n) is 1.14. The molecule has 16 heavy (non-hydrogen) atoms. The van der Waals surface area contributed by atoms with E-state index >= 15 is 0 Å². The van der Waals surface area contributed by atoms with Crippen LogP contribution in [0.1, 0.15) is 11.3 Å². The van der Waals surface area contributed by atoms with E-state index in [1.54, 1.807) is 0 Å². The smallest absolute Gasteiger partial charge is 0.286 e. The summed E-state index contributed by atoms with van der Waals surface area (Å²) in [4.78, 5) is 0. The van der Waals surface area contributed by atoms with E-state index in [4.69, 9.17) is 21.7 Å². The number of aromatic nitrogens is 2. The number of ether oxygens (including phenoxy) is 1. The minimum Gasteiger partial charge on any atom is -0.469 e. The van der Waals surface area contributed by atoms with Crippen molar-refractivity contribution in [3.63, 3.8) is 0 Å². The van der Waals surface area contributed by atoms with Crippen LogP contribution < -0.4 is 4.74 Å². The Morgan fingerprint density at radius 2 is 2.06 bits per heavy atom. The van der Waals surface area contributed by atoms with Gasteiger partial charge >= 0.3 is 0 Å². The number of rotatable bonds is 4. The zero-order valence-electron chi connectivity index (χ0n) is 8.18. The molecule has 0 fully saturated rings. The van der Waals surface area contributed by atoms with Crippen LogP contribution >= 0.6 is 11.6 Å². The van der Waals surface area contributed by atoms with Crippen LogP contribution in [0.15, 0.2) is 35.0 Å². The summed E-state index contributed by atoms with van der Waals surface area (Å²) < 4.78 is 9.78. The van der Waals surface area contributed by atoms with Crippen LogP contribution in [-0.2, 0) is 6.61 Å². The van der Waals surface area contributed by atoms with Crippen LogP contribution in [0.3, 0.4) is 0 Å². The minimum atomic E-state index is -0.260. The van der Waals surface area contributed by atoms with Crippen molar-refractivity contribution >= 4 is 16.8 Å². The van der Waals surface area contributed by atoms with Crippen molar-refractivity contribution in [1.82, 2.24) is 10.3 Å². The van der Waals surface area contributed by atoms with Gasteiger partial charge in [-0.1, -0.05) is 41.9 Å². The van der Waals surface area contributed by atoms with Crippen LogP contribution in [-0.4, -0.2) is 15.5 Å². The molecule has 0 amide bonds. The molecule has 2 rings (SSSR count). The molecule has 0 spiro atoms. The molecule has 82 valence electrons. The first-order valence-electron chi connectivity index (χ1n) is 4.51. The van der Waals surface area contributed by atoms with E-state index in [1.165, 1.54) is 0 Å². The predicted octanol–water partition coefficient (Wildman–Crippen LogP) is 2.21. The van der Waals surface area contributed by atoms with Crippen molar-refractivity contribution in [2.75, 3.05) is 0 Å². The van der Waals surface area contributed by atoms with Crippen molar-refractivity contribution in [3.8, 4) is 5.88 Å². The van der Waals surface area contributed by atoms with Gasteiger partial charge in [0, 0.05) is 0 Å². The minimum absolute atomic E-state index is 0.109. The number of nitrogens with zero attached hydrogens (tertiary/aromatic N) is 2. The summed E-state index contributed by atoms with van der Waals surface area (Å²) in [5.41, 5.74) is 1.09. The maximum absolute atomic E-state index is 7.20. The molecule has 0 radical (unpaired) electrons. The van der Waals surface area contributed by atoms with Crippen LogP contribution in [0.4, 0.5) is 0 Å². The molecule has 0 aliphatic rings. The molecule has 5 nitrogen and oxygen atoms in total. The second-order valence-corrected chi connectivity index (χ2v) is 3.38. The zero-order chi connectivity index (χ0) is 11.4. The largest absolute Gasteiger partial charge is 0.469 e. The molecule has 0 saturated heterocycles. The Balaban J connectivity index is 2.05. The van der Waals surface area contributed by atoms with E-state index in [2.05, 4.69) is 14.9 Å². The second-order valence-electron chi connectivity index (χ2n) is 3.01. The lowest BCUT2D eigenvalue weighted by molar-refractivity contribution is 0.249. The first-order chi connectivity index (χ1) is 7.77.